The maximum atomic E-state index is 12.3. The fraction of sp³-hybridized carbons (Fsp3) is 0.438. The van der Waals surface area contributed by atoms with Crippen LogP contribution in [0.5, 0.6) is 0 Å². The van der Waals surface area contributed by atoms with Crippen molar-refractivity contribution in [1.29, 1.82) is 0 Å². The number of rotatable bonds is 3. The van der Waals surface area contributed by atoms with Gasteiger partial charge in [0.25, 0.3) is 0 Å². The van der Waals surface area contributed by atoms with Crippen molar-refractivity contribution in [2.75, 3.05) is 14.2 Å². The summed E-state index contributed by atoms with van der Waals surface area (Å²) in [6.07, 6.45) is 0.423. The van der Waals surface area contributed by atoms with Gasteiger partial charge < -0.3 is 9.47 Å². The van der Waals surface area contributed by atoms with Gasteiger partial charge in [-0.3, -0.25) is 14.4 Å². The lowest BCUT2D eigenvalue weighted by atomic mass is 9.63. The molecule has 0 heterocycles. The number of benzene rings is 1. The number of carbonyl (C=O) groups is 3. The van der Waals surface area contributed by atoms with Crippen molar-refractivity contribution < 1.29 is 23.9 Å². The molecule has 1 saturated carbocycles. The standard InChI is InChI=1S/C16H18O5/c1-20-14(18)16(15(19)21-2)9-8-12(17)10-13(16)11-6-4-3-5-7-11/h3-7,13H,8-10H2,1-2H3/t13-/m0/s1. The lowest BCUT2D eigenvalue weighted by molar-refractivity contribution is -0.173. The van der Waals surface area contributed by atoms with Gasteiger partial charge in [-0.2, -0.15) is 0 Å². The van der Waals surface area contributed by atoms with Gasteiger partial charge in [0.05, 0.1) is 14.2 Å². The van der Waals surface area contributed by atoms with E-state index >= 15 is 0 Å². The Morgan fingerprint density at radius 3 is 2.19 bits per heavy atom. The number of ether oxygens (including phenoxy) is 2. The van der Waals surface area contributed by atoms with E-state index in [2.05, 4.69) is 0 Å². The largest absolute Gasteiger partial charge is 0.468 e. The molecule has 0 unspecified atom stereocenters. The van der Waals surface area contributed by atoms with E-state index in [-0.39, 0.29) is 25.0 Å². The highest BCUT2D eigenvalue weighted by atomic mass is 16.5. The number of methoxy groups -OCH3 is 2. The SMILES string of the molecule is COC(=O)C1(C(=O)OC)CCC(=O)C[C@H]1c1ccccc1. The summed E-state index contributed by atoms with van der Waals surface area (Å²) in [4.78, 5) is 36.5. The van der Waals surface area contributed by atoms with Gasteiger partial charge >= 0.3 is 11.9 Å². The Balaban J connectivity index is 2.55. The van der Waals surface area contributed by atoms with Gasteiger partial charge in [0.1, 0.15) is 5.78 Å². The first kappa shape index (κ1) is 15.2. The smallest absolute Gasteiger partial charge is 0.323 e. The van der Waals surface area contributed by atoms with Crippen molar-refractivity contribution in [2.45, 2.75) is 25.2 Å². The maximum Gasteiger partial charge on any atom is 0.323 e. The third-order valence-corrected chi connectivity index (χ3v) is 4.13. The molecule has 1 aliphatic carbocycles. The first-order valence-corrected chi connectivity index (χ1v) is 6.79. The van der Waals surface area contributed by atoms with Gasteiger partial charge in [-0.05, 0) is 12.0 Å². The molecular formula is C16H18O5. The van der Waals surface area contributed by atoms with Crippen molar-refractivity contribution in [1.82, 2.24) is 0 Å². The van der Waals surface area contributed by atoms with E-state index in [0.29, 0.717) is 0 Å². The molecule has 0 radical (unpaired) electrons. The number of Topliss-reactive ketones (excluding diaryl/α,β-unsaturated/α-hetero) is 1. The molecule has 0 spiro atoms. The zero-order valence-corrected chi connectivity index (χ0v) is 12.1. The summed E-state index contributed by atoms with van der Waals surface area (Å²) in [5.74, 6) is -1.81. The van der Waals surface area contributed by atoms with Crippen LogP contribution in [0.3, 0.4) is 0 Å². The molecule has 1 aromatic carbocycles. The van der Waals surface area contributed by atoms with Crippen LogP contribution in [-0.2, 0) is 23.9 Å². The number of ketones is 1. The highest BCUT2D eigenvalue weighted by Crippen LogP contribution is 2.48. The molecular weight excluding hydrogens is 272 g/mol. The minimum absolute atomic E-state index is 0.0345. The first-order valence-electron chi connectivity index (χ1n) is 6.79. The molecule has 5 heteroatoms. The van der Waals surface area contributed by atoms with Crippen LogP contribution in [0.15, 0.2) is 30.3 Å². The van der Waals surface area contributed by atoms with Gasteiger partial charge in [0.2, 0.25) is 0 Å². The zero-order valence-electron chi connectivity index (χ0n) is 12.1. The molecule has 1 aliphatic rings. The van der Waals surface area contributed by atoms with Crippen LogP contribution in [-0.4, -0.2) is 31.9 Å². The summed E-state index contributed by atoms with van der Waals surface area (Å²) in [5, 5.41) is 0. The quantitative estimate of drug-likeness (QED) is 0.627. The number of hydrogen-bond acceptors (Lipinski definition) is 5. The number of carbonyl (C=O) groups excluding carboxylic acids is 3. The Bertz CT molecular complexity index is 533. The van der Waals surface area contributed by atoms with E-state index < -0.39 is 23.3 Å². The molecule has 2 rings (SSSR count). The Morgan fingerprint density at radius 1 is 1.10 bits per heavy atom. The summed E-state index contributed by atoms with van der Waals surface area (Å²) in [5.41, 5.74) is -0.681. The molecule has 1 aromatic rings. The van der Waals surface area contributed by atoms with E-state index in [1.54, 1.807) is 0 Å². The lowest BCUT2D eigenvalue weighted by Crippen LogP contribution is -2.49. The van der Waals surface area contributed by atoms with E-state index in [1.807, 2.05) is 30.3 Å². The predicted molar refractivity (Wildman–Crippen MR) is 74.5 cm³/mol. The molecule has 0 N–H and O–H groups in total. The van der Waals surface area contributed by atoms with Crippen LogP contribution < -0.4 is 0 Å². The normalized spacial score (nSPS) is 20.7. The van der Waals surface area contributed by atoms with Crippen molar-refractivity contribution in [3.05, 3.63) is 35.9 Å². The van der Waals surface area contributed by atoms with Gasteiger partial charge in [0, 0.05) is 18.8 Å². The van der Waals surface area contributed by atoms with Gasteiger partial charge in [-0.15, -0.1) is 0 Å². The van der Waals surface area contributed by atoms with Gasteiger partial charge in [-0.1, -0.05) is 30.3 Å². The highest BCUT2D eigenvalue weighted by molar-refractivity contribution is 6.03. The summed E-state index contributed by atoms with van der Waals surface area (Å²) in [7, 11) is 2.48. The van der Waals surface area contributed by atoms with Crippen molar-refractivity contribution >= 4 is 17.7 Å². The summed E-state index contributed by atoms with van der Waals surface area (Å²) >= 11 is 0. The Morgan fingerprint density at radius 2 is 1.67 bits per heavy atom. The van der Waals surface area contributed by atoms with Gasteiger partial charge in [0.15, 0.2) is 5.41 Å². The van der Waals surface area contributed by atoms with Crippen LogP contribution in [0.4, 0.5) is 0 Å². The molecule has 0 aliphatic heterocycles. The van der Waals surface area contributed by atoms with Crippen molar-refractivity contribution in [3.63, 3.8) is 0 Å². The fourth-order valence-electron chi connectivity index (χ4n) is 3.04. The van der Waals surface area contributed by atoms with E-state index in [9.17, 15) is 14.4 Å². The molecule has 112 valence electrons. The van der Waals surface area contributed by atoms with Gasteiger partial charge in [-0.25, -0.2) is 0 Å². The van der Waals surface area contributed by atoms with Crippen LogP contribution in [0.2, 0.25) is 0 Å². The van der Waals surface area contributed by atoms with Crippen LogP contribution in [0.25, 0.3) is 0 Å². The van der Waals surface area contributed by atoms with Crippen molar-refractivity contribution in [2.24, 2.45) is 5.41 Å². The van der Waals surface area contributed by atoms with Crippen LogP contribution in [0, 0.1) is 5.41 Å². The summed E-state index contributed by atoms with van der Waals surface area (Å²) in [6.45, 7) is 0. The molecule has 1 fully saturated rings. The molecule has 0 saturated heterocycles. The third-order valence-electron chi connectivity index (χ3n) is 4.13. The predicted octanol–water partition coefficient (Wildman–Crippen LogP) is 1.86. The Kier molecular flexibility index (Phi) is 4.40. The molecule has 0 aromatic heterocycles. The average Bonchev–Trinajstić information content (AvgIpc) is 2.54. The Hall–Kier alpha value is -2.17. The molecule has 0 amide bonds. The van der Waals surface area contributed by atoms with Crippen molar-refractivity contribution in [3.8, 4) is 0 Å². The number of esters is 2. The topological polar surface area (TPSA) is 69.7 Å². The minimum atomic E-state index is -1.45. The first-order chi connectivity index (χ1) is 10.1. The highest BCUT2D eigenvalue weighted by Gasteiger charge is 2.57. The summed E-state index contributed by atoms with van der Waals surface area (Å²) in [6, 6.07) is 9.08. The minimum Gasteiger partial charge on any atom is -0.468 e. The third kappa shape index (κ3) is 2.55. The molecule has 1 atom stereocenters. The second-order valence-corrected chi connectivity index (χ2v) is 5.16. The molecule has 21 heavy (non-hydrogen) atoms. The monoisotopic (exact) mass is 290 g/mol. The zero-order chi connectivity index (χ0) is 15.5. The Labute approximate surface area is 123 Å². The number of hydrogen-bond donors (Lipinski definition) is 0. The van der Waals surface area contributed by atoms with Crippen LogP contribution >= 0.6 is 0 Å². The maximum absolute atomic E-state index is 12.3. The summed E-state index contributed by atoms with van der Waals surface area (Å²) < 4.78 is 9.70. The average molecular weight is 290 g/mol. The lowest BCUT2D eigenvalue weighted by Gasteiger charge is -2.38. The van der Waals surface area contributed by atoms with E-state index in [0.717, 1.165) is 5.56 Å². The second kappa shape index (κ2) is 6.08. The molecule has 5 nitrogen and oxygen atoms in total. The van der Waals surface area contributed by atoms with E-state index in [1.165, 1.54) is 14.2 Å². The van der Waals surface area contributed by atoms with Crippen LogP contribution in [0.1, 0.15) is 30.7 Å². The van der Waals surface area contributed by atoms with E-state index in [4.69, 9.17) is 9.47 Å². The second-order valence-electron chi connectivity index (χ2n) is 5.16. The molecule has 0 bridgehead atoms. The fourth-order valence-corrected chi connectivity index (χ4v) is 3.04.